The molecule has 2 fully saturated rings. The van der Waals surface area contributed by atoms with Crippen molar-refractivity contribution in [1.82, 2.24) is 24.6 Å². The molecule has 2 amide bonds. The molecule has 0 unspecified atom stereocenters. The minimum absolute atomic E-state index is 0.0278. The van der Waals surface area contributed by atoms with Crippen LogP contribution >= 0.6 is 23.2 Å². The monoisotopic (exact) mass is 725 g/mol. The van der Waals surface area contributed by atoms with Gasteiger partial charge in [-0.1, -0.05) is 29.3 Å². The Kier molecular flexibility index (Phi) is 13.0. The Labute approximate surface area is 285 Å². The highest BCUT2D eigenvalue weighted by molar-refractivity contribution is 7.89. The van der Waals surface area contributed by atoms with Crippen LogP contribution in [0.15, 0.2) is 76.7 Å². The number of hydrogen-bond donors (Lipinski definition) is 3. The molecule has 2 aliphatic heterocycles. The fraction of sp³-hybridized carbons (Fsp3) is 0.387. The van der Waals surface area contributed by atoms with Gasteiger partial charge in [0.1, 0.15) is 12.1 Å². The molecule has 2 atom stereocenters. The molecular weight excluding hydrogens is 689 g/mol. The van der Waals surface area contributed by atoms with Gasteiger partial charge in [0.2, 0.25) is 37.7 Å². The van der Waals surface area contributed by atoms with Gasteiger partial charge in [0.05, 0.1) is 16.9 Å². The second-order valence-electron chi connectivity index (χ2n) is 10.9. The van der Waals surface area contributed by atoms with Crippen molar-refractivity contribution in [2.24, 2.45) is 0 Å². The van der Waals surface area contributed by atoms with Crippen molar-refractivity contribution in [2.45, 2.75) is 66.9 Å². The Morgan fingerprint density at radius 1 is 0.809 bits per heavy atom. The molecule has 3 N–H and O–H groups in total. The first-order chi connectivity index (χ1) is 22.4. The van der Waals surface area contributed by atoms with Crippen LogP contribution in [0.3, 0.4) is 0 Å². The van der Waals surface area contributed by atoms with Gasteiger partial charge >= 0.3 is 0 Å². The lowest BCUT2D eigenvalue weighted by atomic mass is 10.1. The maximum absolute atomic E-state index is 13.4. The number of rotatable bonds is 9. The number of sulfonamides is 2. The quantitative estimate of drug-likeness (QED) is 0.299. The summed E-state index contributed by atoms with van der Waals surface area (Å²) in [6.07, 6.45) is 5.79. The number of methoxy groups -OCH3 is 1. The zero-order valence-corrected chi connectivity index (χ0v) is 28.8. The SMILES string of the molecule is COc1ccc(CN([C@@H]2CCCCNC2=O)S(=O)(=O)c2ccc(Cl)cc2)cn1.O=C1NCCCC[C@H]1NS(=O)(=O)c1ccc(Cl)cc1. The molecule has 3 aromatic rings. The molecular formula is C31H37Cl2N5O7S2. The third-order valence-corrected chi connectivity index (χ3v) is 11.4. The van der Waals surface area contributed by atoms with Gasteiger partial charge < -0.3 is 15.4 Å². The number of halogens is 2. The second-order valence-corrected chi connectivity index (χ2v) is 15.4. The van der Waals surface area contributed by atoms with Gasteiger partial charge in [-0.2, -0.15) is 9.03 Å². The number of nitrogens with zero attached hydrogens (tertiary/aromatic N) is 2. The molecule has 3 heterocycles. The van der Waals surface area contributed by atoms with Crippen LogP contribution in [-0.2, 0) is 36.2 Å². The number of pyridine rings is 1. The highest BCUT2D eigenvalue weighted by Crippen LogP contribution is 2.26. The van der Waals surface area contributed by atoms with E-state index in [0.29, 0.717) is 47.4 Å². The number of benzene rings is 2. The molecule has 0 saturated carbocycles. The Bertz CT molecular complexity index is 1730. The van der Waals surface area contributed by atoms with E-state index in [0.717, 1.165) is 25.7 Å². The van der Waals surface area contributed by atoms with Crippen LogP contribution in [0.25, 0.3) is 0 Å². The molecule has 2 aromatic carbocycles. The molecule has 0 bridgehead atoms. The number of ether oxygens (including phenoxy) is 1. The van der Waals surface area contributed by atoms with Gasteiger partial charge in [0, 0.05) is 41.9 Å². The van der Waals surface area contributed by atoms with Gasteiger partial charge in [0.25, 0.3) is 0 Å². The Morgan fingerprint density at radius 3 is 1.96 bits per heavy atom. The van der Waals surface area contributed by atoms with Crippen molar-refractivity contribution in [3.05, 3.63) is 82.5 Å². The van der Waals surface area contributed by atoms with E-state index in [-0.39, 0.29) is 28.2 Å². The van der Waals surface area contributed by atoms with Crippen LogP contribution in [0.5, 0.6) is 5.88 Å². The predicted octanol–water partition coefficient (Wildman–Crippen LogP) is 3.89. The van der Waals surface area contributed by atoms with E-state index in [9.17, 15) is 26.4 Å². The van der Waals surface area contributed by atoms with E-state index in [1.807, 2.05) is 0 Å². The van der Waals surface area contributed by atoms with E-state index in [1.165, 1.54) is 59.9 Å². The summed E-state index contributed by atoms with van der Waals surface area (Å²) in [5.74, 6) is -0.116. The number of carbonyl (C=O) groups excluding carboxylic acids is 2. The van der Waals surface area contributed by atoms with Crippen LogP contribution in [-0.4, -0.2) is 70.2 Å². The first-order valence-corrected chi connectivity index (χ1v) is 18.7. The summed E-state index contributed by atoms with van der Waals surface area (Å²) >= 11 is 11.6. The third kappa shape index (κ3) is 10.1. The predicted molar refractivity (Wildman–Crippen MR) is 178 cm³/mol. The van der Waals surface area contributed by atoms with Crippen molar-refractivity contribution < 1.29 is 31.2 Å². The lowest BCUT2D eigenvalue weighted by Crippen LogP contribution is -2.48. The summed E-state index contributed by atoms with van der Waals surface area (Å²) in [5.41, 5.74) is 0.662. The molecule has 1 aromatic heterocycles. The van der Waals surface area contributed by atoms with Crippen molar-refractivity contribution in [1.29, 1.82) is 0 Å². The molecule has 0 aliphatic carbocycles. The Balaban J connectivity index is 0.000000229. The molecule has 16 heteroatoms. The van der Waals surface area contributed by atoms with E-state index >= 15 is 0 Å². The fourth-order valence-corrected chi connectivity index (χ4v) is 8.12. The van der Waals surface area contributed by atoms with E-state index in [1.54, 1.807) is 18.3 Å². The van der Waals surface area contributed by atoms with Gasteiger partial charge in [-0.05, 0) is 92.6 Å². The number of hydrogen-bond acceptors (Lipinski definition) is 8. The number of amides is 2. The van der Waals surface area contributed by atoms with Gasteiger partial charge in [0.15, 0.2) is 0 Å². The van der Waals surface area contributed by atoms with Crippen LogP contribution in [0.4, 0.5) is 0 Å². The lowest BCUT2D eigenvalue weighted by Gasteiger charge is -2.29. The van der Waals surface area contributed by atoms with Gasteiger partial charge in [-0.3, -0.25) is 9.59 Å². The fourth-order valence-electron chi connectivity index (χ4n) is 5.03. The van der Waals surface area contributed by atoms with E-state index < -0.39 is 32.1 Å². The third-order valence-electron chi connectivity index (χ3n) is 7.58. The topological polar surface area (TPSA) is 164 Å². The van der Waals surface area contributed by atoms with Gasteiger partial charge in [-0.15, -0.1) is 0 Å². The molecule has 12 nitrogen and oxygen atoms in total. The molecule has 2 aliphatic rings. The standard InChI is InChI=1S/C19H22ClN3O4S.C12H15ClN2O3S/c1-27-18-10-5-14(12-22-18)13-23(17-4-2-3-11-21-19(17)24)28(25,26)16-8-6-15(20)7-9-16;13-9-4-6-10(7-5-9)19(17,18)15-11-3-1-2-8-14-12(11)16/h5-10,12,17H,2-4,11,13H2,1H3,(H,21,24);4-7,11,15H,1-3,8H2,(H,14,16)/t17-;11-/m11/s1. The number of nitrogens with one attached hydrogen (secondary N) is 3. The summed E-state index contributed by atoms with van der Waals surface area (Å²) in [7, 11) is -6.11. The molecule has 254 valence electrons. The van der Waals surface area contributed by atoms with Crippen LogP contribution in [0.1, 0.15) is 44.1 Å². The summed E-state index contributed by atoms with van der Waals surface area (Å²) < 4.78 is 59.8. The Morgan fingerprint density at radius 2 is 1.38 bits per heavy atom. The molecule has 47 heavy (non-hydrogen) atoms. The smallest absolute Gasteiger partial charge is 0.244 e. The minimum Gasteiger partial charge on any atom is -0.481 e. The summed E-state index contributed by atoms with van der Waals surface area (Å²) in [6.45, 7) is 1.17. The average molecular weight is 727 g/mol. The zero-order valence-electron chi connectivity index (χ0n) is 25.7. The molecule has 0 spiro atoms. The van der Waals surface area contributed by atoms with Gasteiger partial charge in [-0.25, -0.2) is 21.8 Å². The van der Waals surface area contributed by atoms with E-state index in [2.05, 4.69) is 20.3 Å². The van der Waals surface area contributed by atoms with Crippen LogP contribution in [0, 0.1) is 0 Å². The van der Waals surface area contributed by atoms with Crippen LogP contribution in [0.2, 0.25) is 10.0 Å². The zero-order chi connectivity index (χ0) is 34.0. The van der Waals surface area contributed by atoms with Crippen molar-refractivity contribution in [3.8, 4) is 5.88 Å². The largest absolute Gasteiger partial charge is 0.481 e. The summed E-state index contributed by atoms with van der Waals surface area (Å²) in [5, 5.41) is 6.41. The van der Waals surface area contributed by atoms with E-state index in [4.69, 9.17) is 27.9 Å². The van der Waals surface area contributed by atoms with Crippen molar-refractivity contribution in [2.75, 3.05) is 20.2 Å². The summed E-state index contributed by atoms with van der Waals surface area (Å²) in [4.78, 5) is 28.7. The maximum atomic E-state index is 13.4. The molecule has 5 rings (SSSR count). The van der Waals surface area contributed by atoms with Crippen LogP contribution < -0.4 is 20.1 Å². The number of carbonyl (C=O) groups is 2. The lowest BCUT2D eigenvalue weighted by molar-refractivity contribution is -0.124. The first-order valence-electron chi connectivity index (χ1n) is 15.0. The second kappa shape index (κ2) is 16.7. The highest BCUT2D eigenvalue weighted by Gasteiger charge is 2.36. The molecule has 2 saturated heterocycles. The average Bonchev–Trinajstić information content (AvgIpc) is 3.39. The Hall–Kier alpha value is -3.27. The van der Waals surface area contributed by atoms with Crippen molar-refractivity contribution in [3.63, 3.8) is 0 Å². The highest BCUT2D eigenvalue weighted by atomic mass is 35.5. The normalized spacial score (nSPS) is 19.0. The molecule has 0 radical (unpaired) electrons. The number of aromatic nitrogens is 1. The van der Waals surface area contributed by atoms with Crippen molar-refractivity contribution >= 4 is 55.1 Å². The minimum atomic E-state index is -3.93. The first kappa shape index (κ1) is 36.6. The maximum Gasteiger partial charge on any atom is 0.244 e. The summed E-state index contributed by atoms with van der Waals surface area (Å²) in [6, 6.07) is 13.7.